The standard InChI is InChI=1S/C33H48O14/c1-16(10-18-6-8-20(41-3)22(12-18)43-5)17(2)11-19-7-9-21(42-4)23(13-19)44-32-30(40)28(38)31(25(15-35)46-32)47-33-29(39)27(37)26(36)24(14-34)45-33/h6-9,12-13,16-17,24-40H,10-11,14-15H2,1-5H3/t16?,17?,24-,25-,26-,27+,28-,29-,30-,31-,32-,33-/m1/s1. The Morgan fingerprint density at radius 1 is 0.596 bits per heavy atom. The molecule has 0 saturated carbocycles. The number of aliphatic hydroxyl groups is 7. The number of benzene rings is 2. The lowest BCUT2D eigenvalue weighted by Crippen LogP contribution is -2.65. The SMILES string of the molecule is COc1ccc(CC(C)C(C)Cc2ccc(OC)c(O[C@@H]3O[C@H](CO)[C@@H](O[C@H]4O[C@H](CO)[C@@H](O)[C@H](O)[C@H]4O)[C@H](O)[C@H]3O)c2)cc1OC. The van der Waals surface area contributed by atoms with Gasteiger partial charge in [-0.25, -0.2) is 0 Å². The minimum absolute atomic E-state index is 0.242. The smallest absolute Gasteiger partial charge is 0.229 e. The predicted molar refractivity (Wildman–Crippen MR) is 165 cm³/mol. The van der Waals surface area contributed by atoms with Crippen LogP contribution in [0, 0.1) is 11.8 Å². The van der Waals surface area contributed by atoms with Gasteiger partial charge in [0.1, 0.15) is 48.8 Å². The maximum absolute atomic E-state index is 11.0. The highest BCUT2D eigenvalue weighted by Gasteiger charge is 2.51. The van der Waals surface area contributed by atoms with Crippen molar-refractivity contribution < 1.29 is 68.9 Å². The molecule has 12 atom stereocenters. The molecule has 264 valence electrons. The van der Waals surface area contributed by atoms with Crippen molar-refractivity contribution in [2.24, 2.45) is 11.8 Å². The lowest BCUT2D eigenvalue weighted by Gasteiger charge is -2.45. The molecule has 2 aromatic carbocycles. The molecule has 4 rings (SSSR count). The Balaban J connectivity index is 1.43. The summed E-state index contributed by atoms with van der Waals surface area (Å²) in [5.41, 5.74) is 2.05. The number of hydrogen-bond donors (Lipinski definition) is 7. The summed E-state index contributed by atoms with van der Waals surface area (Å²) in [6.07, 6.45) is -14.0. The van der Waals surface area contributed by atoms with Gasteiger partial charge in [-0.15, -0.1) is 0 Å². The first-order valence-corrected chi connectivity index (χ1v) is 15.6. The van der Waals surface area contributed by atoms with Crippen LogP contribution in [-0.4, -0.2) is 132 Å². The molecule has 2 heterocycles. The minimum Gasteiger partial charge on any atom is -0.493 e. The van der Waals surface area contributed by atoms with Gasteiger partial charge in [0.15, 0.2) is 29.3 Å². The van der Waals surface area contributed by atoms with Crippen LogP contribution in [0.25, 0.3) is 0 Å². The van der Waals surface area contributed by atoms with Crippen molar-refractivity contribution in [3.05, 3.63) is 47.5 Å². The van der Waals surface area contributed by atoms with Crippen molar-refractivity contribution in [1.29, 1.82) is 0 Å². The highest BCUT2D eigenvalue weighted by molar-refractivity contribution is 5.44. The van der Waals surface area contributed by atoms with E-state index < -0.39 is 74.6 Å². The van der Waals surface area contributed by atoms with Gasteiger partial charge in [0.05, 0.1) is 34.5 Å². The van der Waals surface area contributed by atoms with Gasteiger partial charge in [0.2, 0.25) is 6.29 Å². The molecule has 14 nitrogen and oxygen atoms in total. The summed E-state index contributed by atoms with van der Waals surface area (Å²) in [6.45, 7) is 2.96. The van der Waals surface area contributed by atoms with Crippen LogP contribution >= 0.6 is 0 Å². The molecule has 0 aromatic heterocycles. The van der Waals surface area contributed by atoms with E-state index in [1.807, 2.05) is 24.3 Å². The molecule has 0 aliphatic carbocycles. The van der Waals surface area contributed by atoms with Crippen molar-refractivity contribution in [2.75, 3.05) is 34.5 Å². The average molecular weight is 669 g/mol. The van der Waals surface area contributed by atoms with E-state index in [-0.39, 0.29) is 11.7 Å². The van der Waals surface area contributed by atoms with Crippen molar-refractivity contribution >= 4 is 0 Å². The Kier molecular flexibility index (Phi) is 13.1. The van der Waals surface area contributed by atoms with Crippen LogP contribution in [0.1, 0.15) is 25.0 Å². The predicted octanol–water partition coefficient (Wildman–Crippen LogP) is -0.227. The first-order valence-electron chi connectivity index (χ1n) is 15.6. The largest absolute Gasteiger partial charge is 0.493 e. The van der Waals surface area contributed by atoms with E-state index >= 15 is 0 Å². The zero-order valence-electron chi connectivity index (χ0n) is 27.2. The average Bonchev–Trinajstić information content (AvgIpc) is 3.07. The molecule has 7 N–H and O–H groups in total. The molecular formula is C33H48O14. The van der Waals surface area contributed by atoms with Crippen LogP contribution in [0.4, 0.5) is 0 Å². The summed E-state index contributed by atoms with van der Waals surface area (Å²) in [6, 6.07) is 11.3. The molecule has 2 aliphatic rings. The van der Waals surface area contributed by atoms with Crippen LogP contribution in [0.5, 0.6) is 23.0 Å². The third-order valence-electron chi connectivity index (χ3n) is 8.97. The van der Waals surface area contributed by atoms with Crippen molar-refractivity contribution in [2.45, 2.75) is 88.1 Å². The van der Waals surface area contributed by atoms with Gasteiger partial charge in [0, 0.05) is 0 Å². The minimum atomic E-state index is -1.76. The molecule has 2 aliphatic heterocycles. The van der Waals surface area contributed by atoms with Gasteiger partial charge >= 0.3 is 0 Å². The fourth-order valence-electron chi connectivity index (χ4n) is 5.87. The Bertz CT molecular complexity index is 1270. The fraction of sp³-hybridized carbons (Fsp3) is 0.636. The third-order valence-corrected chi connectivity index (χ3v) is 8.97. The lowest BCUT2D eigenvalue weighted by molar-refractivity contribution is -0.352. The van der Waals surface area contributed by atoms with Crippen LogP contribution in [-0.2, 0) is 27.1 Å². The van der Waals surface area contributed by atoms with Gasteiger partial charge in [-0.2, -0.15) is 0 Å². The van der Waals surface area contributed by atoms with Gasteiger partial charge < -0.3 is 68.9 Å². The second kappa shape index (κ2) is 16.6. The van der Waals surface area contributed by atoms with E-state index in [2.05, 4.69) is 13.8 Å². The molecule has 14 heteroatoms. The number of rotatable bonds is 14. The number of methoxy groups -OCH3 is 3. The zero-order chi connectivity index (χ0) is 34.4. The Morgan fingerprint density at radius 3 is 1.62 bits per heavy atom. The first kappa shape index (κ1) is 37.1. The third kappa shape index (κ3) is 8.46. The van der Waals surface area contributed by atoms with Gasteiger partial charge in [-0.1, -0.05) is 26.0 Å². The Hall–Kier alpha value is -2.76. The number of aliphatic hydroxyl groups excluding tert-OH is 7. The van der Waals surface area contributed by atoms with Crippen molar-refractivity contribution in [3.63, 3.8) is 0 Å². The van der Waals surface area contributed by atoms with Crippen LogP contribution in [0.3, 0.4) is 0 Å². The monoisotopic (exact) mass is 668 g/mol. The molecule has 0 spiro atoms. The second-order valence-corrected chi connectivity index (χ2v) is 12.2. The highest BCUT2D eigenvalue weighted by atomic mass is 16.7. The van der Waals surface area contributed by atoms with Gasteiger partial charge in [-0.3, -0.25) is 0 Å². The number of ether oxygens (including phenoxy) is 7. The van der Waals surface area contributed by atoms with Crippen LogP contribution in [0.15, 0.2) is 36.4 Å². The molecule has 2 saturated heterocycles. The number of hydrogen-bond acceptors (Lipinski definition) is 14. The normalized spacial score (nSPS) is 32.3. The molecule has 2 fully saturated rings. The molecular weight excluding hydrogens is 620 g/mol. The summed E-state index contributed by atoms with van der Waals surface area (Å²) < 4.78 is 39.0. The Labute approximate surface area is 273 Å². The van der Waals surface area contributed by atoms with Crippen LogP contribution < -0.4 is 18.9 Å². The highest BCUT2D eigenvalue weighted by Crippen LogP contribution is 2.35. The van der Waals surface area contributed by atoms with Gasteiger partial charge in [-0.05, 0) is 60.1 Å². The molecule has 0 bridgehead atoms. The van der Waals surface area contributed by atoms with Crippen molar-refractivity contribution in [1.82, 2.24) is 0 Å². The molecule has 2 aromatic rings. The van der Waals surface area contributed by atoms with E-state index in [1.165, 1.54) is 7.11 Å². The van der Waals surface area contributed by atoms with Crippen molar-refractivity contribution in [3.8, 4) is 23.0 Å². The van der Waals surface area contributed by atoms with E-state index in [9.17, 15) is 35.7 Å². The summed E-state index contributed by atoms with van der Waals surface area (Å²) in [5, 5.41) is 72.0. The summed E-state index contributed by atoms with van der Waals surface area (Å²) in [5.74, 6) is 2.49. The fourth-order valence-corrected chi connectivity index (χ4v) is 5.87. The summed E-state index contributed by atoms with van der Waals surface area (Å²) >= 11 is 0. The Morgan fingerprint density at radius 2 is 1.09 bits per heavy atom. The maximum atomic E-state index is 11.0. The lowest BCUT2D eigenvalue weighted by atomic mass is 9.85. The van der Waals surface area contributed by atoms with Gasteiger partial charge in [0.25, 0.3) is 0 Å². The maximum Gasteiger partial charge on any atom is 0.229 e. The second-order valence-electron chi connectivity index (χ2n) is 12.2. The van der Waals surface area contributed by atoms with E-state index in [0.717, 1.165) is 17.5 Å². The van der Waals surface area contributed by atoms with Crippen LogP contribution in [0.2, 0.25) is 0 Å². The van der Waals surface area contributed by atoms with E-state index in [0.29, 0.717) is 29.6 Å². The summed E-state index contributed by atoms with van der Waals surface area (Å²) in [4.78, 5) is 0. The molecule has 47 heavy (non-hydrogen) atoms. The van der Waals surface area contributed by atoms with E-state index in [4.69, 9.17) is 33.2 Å². The zero-order valence-corrected chi connectivity index (χ0v) is 27.2. The molecule has 0 radical (unpaired) electrons. The quantitative estimate of drug-likeness (QED) is 0.139. The molecule has 2 unspecified atom stereocenters. The molecule has 0 amide bonds. The van der Waals surface area contributed by atoms with E-state index in [1.54, 1.807) is 26.4 Å². The topological polar surface area (TPSA) is 206 Å². The summed E-state index contributed by atoms with van der Waals surface area (Å²) in [7, 11) is 4.67. The first-order chi connectivity index (χ1) is 22.4.